The molecule has 0 radical (unpaired) electrons. The fourth-order valence-corrected chi connectivity index (χ4v) is 3.16. The molecular formula is C19H21N5O2. The van der Waals surface area contributed by atoms with Gasteiger partial charge in [0.05, 0.1) is 18.7 Å². The molecule has 1 amide bonds. The molecule has 1 saturated heterocycles. The van der Waals surface area contributed by atoms with Crippen LogP contribution in [-0.4, -0.2) is 41.0 Å². The van der Waals surface area contributed by atoms with E-state index in [4.69, 9.17) is 10.00 Å². The minimum atomic E-state index is 0.126. The van der Waals surface area contributed by atoms with E-state index in [1.165, 1.54) is 0 Å². The number of ether oxygens (including phenoxy) is 1. The van der Waals surface area contributed by atoms with Crippen LogP contribution in [0.25, 0.3) is 0 Å². The van der Waals surface area contributed by atoms with Gasteiger partial charge in [-0.2, -0.15) is 10.2 Å². The molecule has 0 spiro atoms. The van der Waals surface area contributed by atoms with Gasteiger partial charge in [-0.15, -0.1) is 0 Å². The molecule has 2 aromatic heterocycles. The Morgan fingerprint density at radius 3 is 2.73 bits per heavy atom. The Morgan fingerprint density at radius 1 is 1.31 bits per heavy atom. The van der Waals surface area contributed by atoms with Gasteiger partial charge in [0.15, 0.2) is 0 Å². The van der Waals surface area contributed by atoms with Crippen molar-refractivity contribution in [1.29, 1.82) is 5.26 Å². The lowest BCUT2D eigenvalue weighted by molar-refractivity contribution is -0.129. The van der Waals surface area contributed by atoms with Crippen LogP contribution in [0.5, 0.6) is 5.88 Å². The zero-order valence-electron chi connectivity index (χ0n) is 14.9. The number of hydrogen-bond donors (Lipinski definition) is 1. The van der Waals surface area contributed by atoms with Gasteiger partial charge in [0.25, 0.3) is 0 Å². The van der Waals surface area contributed by atoms with E-state index in [9.17, 15) is 4.79 Å². The van der Waals surface area contributed by atoms with Crippen LogP contribution >= 0.6 is 0 Å². The van der Waals surface area contributed by atoms with E-state index in [0.29, 0.717) is 29.0 Å². The maximum atomic E-state index is 11.5. The lowest BCUT2D eigenvalue weighted by Crippen LogP contribution is -2.36. The van der Waals surface area contributed by atoms with Crippen LogP contribution in [0.4, 0.5) is 11.6 Å². The summed E-state index contributed by atoms with van der Waals surface area (Å²) in [4.78, 5) is 22.0. The van der Waals surface area contributed by atoms with E-state index in [0.717, 1.165) is 31.5 Å². The SMILES string of the molecule is COc1cc(C2CCN(C(C)=O)CC2)cc(Nc2cc(C#N)ccn2)n1. The highest BCUT2D eigenvalue weighted by Gasteiger charge is 2.23. The van der Waals surface area contributed by atoms with E-state index in [1.807, 2.05) is 17.0 Å². The van der Waals surface area contributed by atoms with Gasteiger partial charge in [0.2, 0.25) is 11.8 Å². The molecule has 0 unspecified atom stereocenters. The van der Waals surface area contributed by atoms with Crippen molar-refractivity contribution in [3.8, 4) is 11.9 Å². The third-order valence-corrected chi connectivity index (χ3v) is 4.59. The lowest BCUT2D eigenvalue weighted by atomic mass is 9.90. The lowest BCUT2D eigenvalue weighted by Gasteiger charge is -2.31. The van der Waals surface area contributed by atoms with E-state index in [-0.39, 0.29) is 5.91 Å². The average molecular weight is 351 g/mol. The number of nitrogens with one attached hydrogen (secondary N) is 1. The zero-order valence-corrected chi connectivity index (χ0v) is 14.9. The molecule has 1 aliphatic rings. The molecule has 1 fully saturated rings. The number of hydrogen-bond acceptors (Lipinski definition) is 6. The van der Waals surface area contributed by atoms with E-state index in [1.54, 1.807) is 32.4 Å². The van der Waals surface area contributed by atoms with Gasteiger partial charge in [0, 0.05) is 32.3 Å². The first-order valence-electron chi connectivity index (χ1n) is 8.53. The first-order valence-corrected chi connectivity index (χ1v) is 8.53. The summed E-state index contributed by atoms with van der Waals surface area (Å²) in [5.41, 5.74) is 1.65. The van der Waals surface area contributed by atoms with Crippen molar-refractivity contribution < 1.29 is 9.53 Å². The number of methoxy groups -OCH3 is 1. The molecule has 134 valence electrons. The normalized spacial score (nSPS) is 14.6. The summed E-state index contributed by atoms with van der Waals surface area (Å²) in [7, 11) is 1.59. The molecule has 0 atom stereocenters. The van der Waals surface area contributed by atoms with Crippen LogP contribution in [0.15, 0.2) is 30.5 Å². The summed E-state index contributed by atoms with van der Waals surface area (Å²) in [6.07, 6.45) is 3.40. The number of nitriles is 1. The maximum absolute atomic E-state index is 11.5. The monoisotopic (exact) mass is 351 g/mol. The van der Waals surface area contributed by atoms with Crippen molar-refractivity contribution in [3.05, 3.63) is 41.6 Å². The summed E-state index contributed by atoms with van der Waals surface area (Å²) in [5.74, 6) is 2.18. The average Bonchev–Trinajstić information content (AvgIpc) is 2.68. The fraction of sp³-hybridized carbons (Fsp3) is 0.368. The topological polar surface area (TPSA) is 91.1 Å². The van der Waals surface area contributed by atoms with Crippen molar-refractivity contribution in [3.63, 3.8) is 0 Å². The number of pyridine rings is 2. The molecule has 3 rings (SSSR count). The number of amides is 1. The second-order valence-electron chi connectivity index (χ2n) is 6.27. The van der Waals surface area contributed by atoms with Gasteiger partial charge >= 0.3 is 0 Å². The number of anilines is 2. The van der Waals surface area contributed by atoms with Gasteiger partial charge in [-0.3, -0.25) is 4.79 Å². The largest absolute Gasteiger partial charge is 0.481 e. The molecule has 0 bridgehead atoms. The van der Waals surface area contributed by atoms with Gasteiger partial charge in [-0.05, 0) is 42.5 Å². The third kappa shape index (κ3) is 4.09. The summed E-state index contributed by atoms with van der Waals surface area (Å²) >= 11 is 0. The Morgan fingerprint density at radius 2 is 2.08 bits per heavy atom. The van der Waals surface area contributed by atoms with Gasteiger partial charge < -0.3 is 15.0 Å². The standard InChI is InChI=1S/C19H21N5O2/c1-13(25)24-7-4-15(5-8-24)16-10-18(23-19(11-16)26-2)22-17-9-14(12-20)3-6-21-17/h3,6,9-11,15H,4-5,7-8H2,1-2H3,(H,21,22,23). The molecule has 7 nitrogen and oxygen atoms in total. The molecule has 1 N–H and O–H groups in total. The van der Waals surface area contributed by atoms with Gasteiger partial charge in [-0.1, -0.05) is 0 Å². The zero-order chi connectivity index (χ0) is 18.5. The van der Waals surface area contributed by atoms with Crippen molar-refractivity contribution in [2.45, 2.75) is 25.7 Å². The van der Waals surface area contributed by atoms with Crippen LogP contribution in [-0.2, 0) is 4.79 Å². The molecule has 2 aromatic rings. The molecule has 7 heteroatoms. The minimum absolute atomic E-state index is 0.126. The predicted octanol–water partition coefficient (Wildman–Crippen LogP) is 2.83. The smallest absolute Gasteiger partial charge is 0.219 e. The molecule has 0 aromatic carbocycles. The summed E-state index contributed by atoms with van der Waals surface area (Å²) in [6.45, 7) is 3.14. The van der Waals surface area contributed by atoms with E-state index < -0.39 is 0 Å². The van der Waals surface area contributed by atoms with Gasteiger partial charge in [0.1, 0.15) is 11.6 Å². The Labute approximate surface area is 152 Å². The van der Waals surface area contributed by atoms with Crippen molar-refractivity contribution in [1.82, 2.24) is 14.9 Å². The van der Waals surface area contributed by atoms with Crippen molar-refractivity contribution >= 4 is 17.5 Å². The number of carbonyl (C=O) groups is 1. The fourth-order valence-electron chi connectivity index (χ4n) is 3.16. The van der Waals surface area contributed by atoms with Crippen LogP contribution in [0.3, 0.4) is 0 Å². The molecule has 0 saturated carbocycles. The number of nitrogens with zero attached hydrogens (tertiary/aromatic N) is 4. The first-order chi connectivity index (χ1) is 12.6. The number of likely N-dealkylation sites (tertiary alicyclic amines) is 1. The van der Waals surface area contributed by atoms with Crippen LogP contribution in [0, 0.1) is 11.3 Å². The number of carbonyl (C=O) groups excluding carboxylic acids is 1. The van der Waals surface area contributed by atoms with Crippen LogP contribution in [0.2, 0.25) is 0 Å². The van der Waals surface area contributed by atoms with Crippen molar-refractivity contribution in [2.75, 3.05) is 25.5 Å². The highest BCUT2D eigenvalue weighted by Crippen LogP contribution is 2.31. The quantitative estimate of drug-likeness (QED) is 0.911. The van der Waals surface area contributed by atoms with Crippen LogP contribution < -0.4 is 10.1 Å². The second-order valence-corrected chi connectivity index (χ2v) is 6.27. The molecule has 26 heavy (non-hydrogen) atoms. The molecule has 3 heterocycles. The van der Waals surface area contributed by atoms with Crippen LogP contribution in [0.1, 0.15) is 36.8 Å². The van der Waals surface area contributed by atoms with Crippen molar-refractivity contribution in [2.24, 2.45) is 0 Å². The molecule has 1 aliphatic heterocycles. The Balaban J connectivity index is 1.80. The summed E-state index contributed by atoms with van der Waals surface area (Å²) in [5, 5.41) is 12.2. The Bertz CT molecular complexity index is 838. The molecular weight excluding hydrogens is 330 g/mol. The highest BCUT2D eigenvalue weighted by atomic mass is 16.5. The van der Waals surface area contributed by atoms with E-state index >= 15 is 0 Å². The molecule has 0 aliphatic carbocycles. The Kier molecular flexibility index (Phi) is 5.32. The first kappa shape index (κ1) is 17.7. The summed E-state index contributed by atoms with van der Waals surface area (Å²) in [6, 6.07) is 9.35. The number of rotatable bonds is 4. The minimum Gasteiger partial charge on any atom is -0.481 e. The number of piperidine rings is 1. The third-order valence-electron chi connectivity index (χ3n) is 4.59. The van der Waals surface area contributed by atoms with E-state index in [2.05, 4.69) is 21.4 Å². The van der Waals surface area contributed by atoms with Gasteiger partial charge in [-0.25, -0.2) is 4.98 Å². The second kappa shape index (κ2) is 7.83. The number of aromatic nitrogens is 2. The highest BCUT2D eigenvalue weighted by molar-refractivity contribution is 5.73. The maximum Gasteiger partial charge on any atom is 0.219 e. The Hall–Kier alpha value is -3.14. The predicted molar refractivity (Wildman–Crippen MR) is 97.3 cm³/mol. The summed E-state index contributed by atoms with van der Waals surface area (Å²) < 4.78 is 5.34.